The molecule has 1 aliphatic rings. The second-order valence-electron chi connectivity index (χ2n) is 9.01. The lowest BCUT2D eigenvalue weighted by Gasteiger charge is -2.08. The molecule has 0 unspecified atom stereocenters. The van der Waals surface area contributed by atoms with E-state index in [1.807, 2.05) is 66.9 Å². The second-order valence-corrected chi connectivity index (χ2v) is 9.01. The van der Waals surface area contributed by atoms with Crippen molar-refractivity contribution >= 4 is 32.7 Å². The van der Waals surface area contributed by atoms with Gasteiger partial charge in [0.05, 0.1) is 16.6 Å². The number of hydrogen-bond donors (Lipinski definition) is 2. The van der Waals surface area contributed by atoms with E-state index in [2.05, 4.69) is 21.7 Å². The van der Waals surface area contributed by atoms with Gasteiger partial charge in [0.15, 0.2) is 11.5 Å². The highest BCUT2D eigenvalue weighted by Crippen LogP contribution is 2.40. The molecule has 36 heavy (non-hydrogen) atoms. The largest absolute Gasteiger partial charge is 0.454 e. The molecule has 6 aromatic rings. The van der Waals surface area contributed by atoms with E-state index in [1.54, 1.807) is 0 Å². The molecule has 0 amide bonds. The summed E-state index contributed by atoms with van der Waals surface area (Å²) in [4.78, 5) is 21.3. The molecule has 3 heterocycles. The first-order chi connectivity index (χ1) is 17.7. The van der Waals surface area contributed by atoms with Gasteiger partial charge >= 0.3 is 0 Å². The topological polar surface area (TPSA) is 95.2 Å². The Bertz CT molecular complexity index is 1870. The molecule has 0 radical (unpaired) electrons. The Kier molecular flexibility index (Phi) is 4.59. The van der Waals surface area contributed by atoms with Gasteiger partial charge in [0, 0.05) is 41.7 Å². The SMILES string of the molecule is NCc1cccc(Cn2cc(-c3nc4c(ccc5ccccc54)[nH]c3=O)c3cc4c(cc32)OCO4)c1. The molecule has 176 valence electrons. The first-order valence-electron chi connectivity index (χ1n) is 11.8. The fraction of sp³-hybridized carbons (Fsp3) is 0.103. The summed E-state index contributed by atoms with van der Waals surface area (Å²) in [6.07, 6.45) is 1.99. The summed E-state index contributed by atoms with van der Waals surface area (Å²) >= 11 is 0. The number of H-pyrrole nitrogens is 1. The smallest absolute Gasteiger partial charge is 0.275 e. The first-order valence-corrected chi connectivity index (χ1v) is 11.8. The van der Waals surface area contributed by atoms with Gasteiger partial charge in [0.25, 0.3) is 5.56 Å². The van der Waals surface area contributed by atoms with E-state index >= 15 is 0 Å². The fourth-order valence-corrected chi connectivity index (χ4v) is 5.05. The van der Waals surface area contributed by atoms with E-state index < -0.39 is 0 Å². The van der Waals surface area contributed by atoms with Crippen LogP contribution in [0.25, 0.3) is 44.0 Å². The van der Waals surface area contributed by atoms with Crippen LogP contribution in [0.3, 0.4) is 0 Å². The zero-order valence-corrected chi connectivity index (χ0v) is 19.3. The number of aromatic nitrogens is 3. The van der Waals surface area contributed by atoms with Crippen LogP contribution >= 0.6 is 0 Å². The Morgan fingerprint density at radius 2 is 1.75 bits per heavy atom. The van der Waals surface area contributed by atoms with E-state index in [9.17, 15) is 4.79 Å². The fourth-order valence-electron chi connectivity index (χ4n) is 5.05. The zero-order chi connectivity index (χ0) is 24.2. The van der Waals surface area contributed by atoms with Gasteiger partial charge in [0.2, 0.25) is 6.79 Å². The molecule has 0 spiro atoms. The van der Waals surface area contributed by atoms with Crippen molar-refractivity contribution in [2.75, 3.05) is 6.79 Å². The summed E-state index contributed by atoms with van der Waals surface area (Å²) in [7, 11) is 0. The van der Waals surface area contributed by atoms with Crippen LogP contribution < -0.4 is 20.8 Å². The zero-order valence-electron chi connectivity index (χ0n) is 19.3. The molecule has 0 saturated heterocycles. The number of nitrogens with one attached hydrogen (secondary N) is 1. The van der Waals surface area contributed by atoms with Crippen LogP contribution in [0.2, 0.25) is 0 Å². The van der Waals surface area contributed by atoms with Crippen molar-refractivity contribution in [3.8, 4) is 22.8 Å². The van der Waals surface area contributed by atoms with Crippen molar-refractivity contribution in [2.45, 2.75) is 13.1 Å². The van der Waals surface area contributed by atoms with Gasteiger partial charge in [-0.1, -0.05) is 54.6 Å². The van der Waals surface area contributed by atoms with Crippen molar-refractivity contribution in [2.24, 2.45) is 5.73 Å². The molecular weight excluding hydrogens is 452 g/mol. The highest BCUT2D eigenvalue weighted by Gasteiger charge is 2.22. The number of nitrogens with two attached hydrogens (primary N) is 1. The molecule has 0 fully saturated rings. The van der Waals surface area contributed by atoms with E-state index in [0.717, 1.165) is 43.9 Å². The second kappa shape index (κ2) is 7.96. The average molecular weight is 475 g/mol. The Morgan fingerprint density at radius 3 is 2.64 bits per heavy atom. The maximum absolute atomic E-state index is 13.3. The molecule has 2 aromatic heterocycles. The molecule has 0 atom stereocenters. The maximum Gasteiger partial charge on any atom is 0.275 e. The highest BCUT2D eigenvalue weighted by molar-refractivity contribution is 6.05. The average Bonchev–Trinajstić information content (AvgIpc) is 3.51. The van der Waals surface area contributed by atoms with Gasteiger partial charge in [-0.25, -0.2) is 4.98 Å². The van der Waals surface area contributed by atoms with E-state index in [1.165, 1.54) is 0 Å². The van der Waals surface area contributed by atoms with Crippen LogP contribution in [-0.2, 0) is 13.1 Å². The van der Waals surface area contributed by atoms with Crippen molar-refractivity contribution < 1.29 is 9.47 Å². The number of fused-ring (bicyclic) bond motifs is 5. The lowest BCUT2D eigenvalue weighted by atomic mass is 10.1. The van der Waals surface area contributed by atoms with Gasteiger partial charge in [-0.15, -0.1) is 0 Å². The van der Waals surface area contributed by atoms with Crippen LogP contribution in [0.4, 0.5) is 0 Å². The van der Waals surface area contributed by atoms with Crippen LogP contribution in [0, 0.1) is 0 Å². The lowest BCUT2D eigenvalue weighted by molar-refractivity contribution is 0.174. The molecule has 3 N–H and O–H groups in total. The first kappa shape index (κ1) is 20.7. The Balaban J connectivity index is 1.47. The molecule has 0 bridgehead atoms. The van der Waals surface area contributed by atoms with Gasteiger partial charge in [-0.3, -0.25) is 4.79 Å². The van der Waals surface area contributed by atoms with Gasteiger partial charge in [-0.05, 0) is 28.6 Å². The summed E-state index contributed by atoms with van der Waals surface area (Å²) in [6.45, 7) is 1.27. The van der Waals surface area contributed by atoms with Gasteiger partial charge in [-0.2, -0.15) is 0 Å². The quantitative estimate of drug-likeness (QED) is 0.353. The predicted octanol–water partition coefficient (Wildman–Crippen LogP) is 4.93. The number of nitrogens with zero attached hydrogens (tertiary/aromatic N) is 2. The normalized spacial score (nSPS) is 12.7. The Labute approximate surface area is 205 Å². The molecule has 7 heteroatoms. The molecular formula is C29H22N4O3. The number of hydrogen-bond acceptors (Lipinski definition) is 5. The van der Waals surface area contributed by atoms with Crippen molar-refractivity contribution in [3.63, 3.8) is 0 Å². The standard InChI is InChI=1S/C29H22N4O3/c30-13-17-4-3-5-18(10-17)14-33-15-22(21-11-25-26(12-24(21)33)36-16-35-25)28-29(34)31-23-9-8-19-6-1-2-7-20(19)27(23)32-28/h1-12,15H,13-14,16,30H2,(H,31,34). The third kappa shape index (κ3) is 3.25. The van der Waals surface area contributed by atoms with Crippen molar-refractivity contribution in [1.29, 1.82) is 0 Å². The van der Waals surface area contributed by atoms with Gasteiger partial charge < -0.3 is 24.8 Å². The molecule has 0 saturated carbocycles. The number of ether oxygens (including phenoxy) is 2. The minimum Gasteiger partial charge on any atom is -0.454 e. The third-order valence-electron chi connectivity index (χ3n) is 6.80. The van der Waals surface area contributed by atoms with E-state index in [-0.39, 0.29) is 12.4 Å². The van der Waals surface area contributed by atoms with Crippen LogP contribution in [0.5, 0.6) is 11.5 Å². The molecule has 4 aromatic carbocycles. The summed E-state index contributed by atoms with van der Waals surface area (Å²) in [6, 6.07) is 24.1. The highest BCUT2D eigenvalue weighted by atomic mass is 16.7. The van der Waals surface area contributed by atoms with Crippen LogP contribution in [0.15, 0.2) is 83.8 Å². The van der Waals surface area contributed by atoms with Crippen molar-refractivity contribution in [1.82, 2.24) is 14.5 Å². The maximum atomic E-state index is 13.3. The Hall–Kier alpha value is -4.62. The Morgan fingerprint density at radius 1 is 0.917 bits per heavy atom. The minimum absolute atomic E-state index is 0.177. The van der Waals surface area contributed by atoms with E-state index in [4.69, 9.17) is 20.2 Å². The summed E-state index contributed by atoms with van der Waals surface area (Å²) in [5, 5.41) is 2.94. The third-order valence-corrected chi connectivity index (χ3v) is 6.80. The number of rotatable bonds is 4. The van der Waals surface area contributed by atoms with Crippen molar-refractivity contribution in [3.05, 3.63) is 100 Å². The molecule has 0 aliphatic carbocycles. The molecule has 7 rings (SSSR count). The van der Waals surface area contributed by atoms with E-state index in [0.29, 0.717) is 35.8 Å². The van der Waals surface area contributed by atoms with Crippen LogP contribution in [0.1, 0.15) is 11.1 Å². The number of benzene rings is 4. The summed E-state index contributed by atoms with van der Waals surface area (Å²) in [5.74, 6) is 1.35. The molecule has 7 nitrogen and oxygen atoms in total. The summed E-state index contributed by atoms with van der Waals surface area (Å²) < 4.78 is 13.4. The monoisotopic (exact) mass is 474 g/mol. The van der Waals surface area contributed by atoms with Gasteiger partial charge in [0.1, 0.15) is 5.69 Å². The summed E-state index contributed by atoms with van der Waals surface area (Å²) in [5.41, 5.74) is 11.3. The lowest BCUT2D eigenvalue weighted by Crippen LogP contribution is -2.11. The predicted molar refractivity (Wildman–Crippen MR) is 140 cm³/mol. The van der Waals surface area contributed by atoms with Crippen LogP contribution in [-0.4, -0.2) is 21.3 Å². The minimum atomic E-state index is -0.236. The molecule has 1 aliphatic heterocycles. The number of aromatic amines is 1.